The fourth-order valence-corrected chi connectivity index (χ4v) is 2.00. The van der Waals surface area contributed by atoms with Gasteiger partial charge in [0.25, 0.3) is 0 Å². The van der Waals surface area contributed by atoms with Crippen molar-refractivity contribution in [2.45, 2.75) is 66.1 Å². The first-order valence-electron chi connectivity index (χ1n) is 7.13. The van der Waals surface area contributed by atoms with Gasteiger partial charge in [-0.2, -0.15) is 0 Å². The maximum atomic E-state index is 9.85. The average Bonchev–Trinajstić information content (AvgIpc) is 2.25. The van der Waals surface area contributed by atoms with E-state index in [-0.39, 0.29) is 11.7 Å². The van der Waals surface area contributed by atoms with Crippen molar-refractivity contribution in [3.05, 3.63) is 12.7 Å². The van der Waals surface area contributed by atoms with Crippen LogP contribution >= 0.6 is 0 Å². The molecule has 0 aromatic carbocycles. The first-order chi connectivity index (χ1) is 8.19. The summed E-state index contributed by atoms with van der Waals surface area (Å²) in [5.41, 5.74) is -0.199. The Labute approximate surface area is 113 Å². The summed E-state index contributed by atoms with van der Waals surface area (Å²) in [7, 11) is 0. The van der Waals surface area contributed by atoms with Crippen molar-refractivity contribution < 1.29 is 9.84 Å². The molecule has 18 heavy (non-hydrogen) atoms. The molecule has 3 atom stereocenters. The summed E-state index contributed by atoms with van der Waals surface area (Å²) in [5.74, 6) is 1.45. The molecular weight excluding hydrogens is 224 g/mol. The second kappa shape index (κ2) is 7.96. The minimum Gasteiger partial charge on any atom is -0.391 e. The zero-order valence-corrected chi connectivity index (χ0v) is 13.1. The second-order valence-corrected chi connectivity index (χ2v) is 6.55. The lowest BCUT2D eigenvalue weighted by atomic mass is 9.85. The third kappa shape index (κ3) is 7.17. The number of hydrogen-bond donors (Lipinski definition) is 1. The Morgan fingerprint density at radius 1 is 1.17 bits per heavy atom. The molecule has 0 aliphatic rings. The molecular formula is C16H32O2. The van der Waals surface area contributed by atoms with Crippen molar-refractivity contribution in [2.75, 3.05) is 6.61 Å². The Bertz CT molecular complexity index is 233. The fraction of sp³-hybridized carbons (Fsp3) is 0.875. The number of rotatable bonds is 9. The van der Waals surface area contributed by atoms with E-state index in [0.717, 1.165) is 12.8 Å². The zero-order valence-electron chi connectivity index (χ0n) is 13.1. The van der Waals surface area contributed by atoms with Crippen molar-refractivity contribution in [1.29, 1.82) is 0 Å². The van der Waals surface area contributed by atoms with Gasteiger partial charge in [0.05, 0.1) is 18.3 Å². The van der Waals surface area contributed by atoms with Gasteiger partial charge in [-0.05, 0) is 44.4 Å². The van der Waals surface area contributed by atoms with Crippen LogP contribution in [-0.2, 0) is 4.74 Å². The largest absolute Gasteiger partial charge is 0.391 e. The molecule has 108 valence electrons. The summed E-state index contributed by atoms with van der Waals surface area (Å²) in [5, 5.41) is 9.85. The van der Waals surface area contributed by atoms with E-state index in [1.165, 1.54) is 0 Å². The standard InChI is InChI=1S/C16H32O2/c1-8-13(4)10-14(5)16(6,7)18-11-15(17)9-12(2)3/h8,12-15,17H,1,9-11H2,2-7H3. The molecule has 0 aliphatic carbocycles. The Balaban J connectivity index is 4.16. The third-order valence-corrected chi connectivity index (χ3v) is 3.71. The van der Waals surface area contributed by atoms with Crippen LogP contribution in [0.2, 0.25) is 0 Å². The topological polar surface area (TPSA) is 29.5 Å². The van der Waals surface area contributed by atoms with Crippen molar-refractivity contribution >= 4 is 0 Å². The minimum absolute atomic E-state index is 0.199. The van der Waals surface area contributed by atoms with Crippen LogP contribution in [-0.4, -0.2) is 23.4 Å². The molecule has 2 heteroatoms. The highest BCUT2D eigenvalue weighted by Crippen LogP contribution is 2.27. The third-order valence-electron chi connectivity index (χ3n) is 3.71. The van der Waals surface area contributed by atoms with E-state index >= 15 is 0 Å². The molecule has 0 rings (SSSR count). The molecule has 0 radical (unpaired) electrons. The van der Waals surface area contributed by atoms with Gasteiger partial charge in [-0.15, -0.1) is 6.58 Å². The fourth-order valence-electron chi connectivity index (χ4n) is 2.00. The molecule has 0 saturated carbocycles. The quantitative estimate of drug-likeness (QED) is 0.631. The number of aliphatic hydroxyl groups excluding tert-OH is 1. The van der Waals surface area contributed by atoms with Gasteiger partial charge >= 0.3 is 0 Å². The predicted molar refractivity (Wildman–Crippen MR) is 78.6 cm³/mol. The Morgan fingerprint density at radius 2 is 1.72 bits per heavy atom. The Morgan fingerprint density at radius 3 is 2.17 bits per heavy atom. The van der Waals surface area contributed by atoms with Gasteiger partial charge in [0.2, 0.25) is 0 Å². The van der Waals surface area contributed by atoms with Crippen molar-refractivity contribution in [1.82, 2.24) is 0 Å². The average molecular weight is 256 g/mol. The number of ether oxygens (including phenoxy) is 1. The highest BCUT2D eigenvalue weighted by atomic mass is 16.5. The highest BCUT2D eigenvalue weighted by Gasteiger charge is 2.28. The monoisotopic (exact) mass is 256 g/mol. The number of aliphatic hydroxyl groups is 1. The van der Waals surface area contributed by atoms with Crippen LogP contribution in [0.5, 0.6) is 0 Å². The van der Waals surface area contributed by atoms with E-state index in [1.807, 2.05) is 6.08 Å². The Hall–Kier alpha value is -0.340. The van der Waals surface area contributed by atoms with Crippen LogP contribution in [0, 0.1) is 17.8 Å². The highest BCUT2D eigenvalue weighted by molar-refractivity contribution is 4.83. The molecule has 0 heterocycles. The number of hydrogen-bond acceptors (Lipinski definition) is 2. The van der Waals surface area contributed by atoms with Crippen LogP contribution in [0.15, 0.2) is 12.7 Å². The summed E-state index contributed by atoms with van der Waals surface area (Å²) in [6.45, 7) is 17.1. The summed E-state index contributed by atoms with van der Waals surface area (Å²) in [6, 6.07) is 0. The van der Waals surface area contributed by atoms with E-state index in [2.05, 4.69) is 48.1 Å². The molecule has 0 saturated heterocycles. The van der Waals surface area contributed by atoms with Crippen LogP contribution in [0.1, 0.15) is 54.4 Å². The van der Waals surface area contributed by atoms with Crippen LogP contribution < -0.4 is 0 Å². The minimum atomic E-state index is -0.353. The molecule has 0 aliphatic heterocycles. The van der Waals surface area contributed by atoms with Crippen molar-refractivity contribution in [2.24, 2.45) is 17.8 Å². The summed E-state index contributed by atoms with van der Waals surface area (Å²) >= 11 is 0. The molecule has 0 aromatic rings. The van der Waals surface area contributed by atoms with Gasteiger partial charge in [-0.1, -0.05) is 33.8 Å². The van der Waals surface area contributed by atoms with Gasteiger partial charge in [0.1, 0.15) is 0 Å². The normalized spacial score (nSPS) is 17.6. The first-order valence-corrected chi connectivity index (χ1v) is 7.13. The first kappa shape index (κ1) is 17.7. The maximum absolute atomic E-state index is 9.85. The van der Waals surface area contributed by atoms with Gasteiger partial charge in [-0.3, -0.25) is 0 Å². The van der Waals surface area contributed by atoms with E-state index in [4.69, 9.17) is 4.74 Å². The Kier molecular flexibility index (Phi) is 7.81. The lowest BCUT2D eigenvalue weighted by Gasteiger charge is -2.34. The lowest BCUT2D eigenvalue weighted by molar-refractivity contribution is -0.0930. The predicted octanol–water partition coefficient (Wildman–Crippen LogP) is 4.04. The molecule has 1 N–H and O–H groups in total. The summed E-state index contributed by atoms with van der Waals surface area (Å²) < 4.78 is 5.92. The van der Waals surface area contributed by atoms with Crippen LogP contribution in [0.4, 0.5) is 0 Å². The second-order valence-electron chi connectivity index (χ2n) is 6.55. The van der Waals surface area contributed by atoms with Gasteiger partial charge in [0.15, 0.2) is 0 Å². The molecule has 0 amide bonds. The molecule has 2 nitrogen and oxygen atoms in total. The van der Waals surface area contributed by atoms with Crippen LogP contribution in [0.3, 0.4) is 0 Å². The van der Waals surface area contributed by atoms with Crippen LogP contribution in [0.25, 0.3) is 0 Å². The van der Waals surface area contributed by atoms with E-state index in [0.29, 0.717) is 24.4 Å². The summed E-state index contributed by atoms with van der Waals surface area (Å²) in [6.07, 6.45) is 3.50. The smallest absolute Gasteiger partial charge is 0.0776 e. The van der Waals surface area contributed by atoms with Gasteiger partial charge in [-0.25, -0.2) is 0 Å². The van der Waals surface area contributed by atoms with E-state index in [9.17, 15) is 5.11 Å². The molecule has 0 bridgehead atoms. The van der Waals surface area contributed by atoms with Gasteiger partial charge < -0.3 is 9.84 Å². The van der Waals surface area contributed by atoms with Gasteiger partial charge in [0, 0.05) is 0 Å². The van der Waals surface area contributed by atoms with E-state index in [1.54, 1.807) is 0 Å². The lowest BCUT2D eigenvalue weighted by Crippen LogP contribution is -2.36. The molecule has 0 fully saturated rings. The van der Waals surface area contributed by atoms with Crippen molar-refractivity contribution in [3.8, 4) is 0 Å². The van der Waals surface area contributed by atoms with E-state index < -0.39 is 0 Å². The molecule has 0 spiro atoms. The SMILES string of the molecule is C=CC(C)CC(C)C(C)(C)OCC(O)CC(C)C. The zero-order chi connectivity index (χ0) is 14.3. The summed E-state index contributed by atoms with van der Waals surface area (Å²) in [4.78, 5) is 0. The number of allylic oxidation sites excluding steroid dienone is 1. The molecule has 0 aromatic heterocycles. The van der Waals surface area contributed by atoms with Crippen molar-refractivity contribution in [3.63, 3.8) is 0 Å². The maximum Gasteiger partial charge on any atom is 0.0776 e. The molecule has 3 unspecified atom stereocenters.